The molecule has 2 atom stereocenters. The van der Waals surface area contributed by atoms with Crippen molar-refractivity contribution in [2.45, 2.75) is 53.8 Å². The standard InChI is InChI=1S/C24H34O4/c1-7-11-21(17(3)4)23(25)27-15-19-13-9-10-14-20(19)16-28-24(26)22(12-8-2)18(5)6/h7-10,13-14,17-18,21-22H,1-2,11-12,15-16H2,3-6H3/t21-,22-/m0/s1. The molecule has 4 nitrogen and oxygen atoms in total. The number of carbonyl (C=O) groups excluding carboxylic acids is 2. The van der Waals surface area contributed by atoms with Crippen molar-refractivity contribution < 1.29 is 19.1 Å². The summed E-state index contributed by atoms with van der Waals surface area (Å²) in [5, 5.41) is 0. The number of benzene rings is 1. The number of carbonyl (C=O) groups is 2. The largest absolute Gasteiger partial charge is 0.461 e. The summed E-state index contributed by atoms with van der Waals surface area (Å²) in [4.78, 5) is 24.8. The van der Waals surface area contributed by atoms with E-state index in [2.05, 4.69) is 13.2 Å². The van der Waals surface area contributed by atoms with Crippen LogP contribution in [0.3, 0.4) is 0 Å². The lowest BCUT2D eigenvalue weighted by atomic mass is 9.92. The Morgan fingerprint density at radius 1 is 0.821 bits per heavy atom. The van der Waals surface area contributed by atoms with Gasteiger partial charge < -0.3 is 9.47 Å². The monoisotopic (exact) mass is 386 g/mol. The minimum Gasteiger partial charge on any atom is -0.461 e. The molecule has 1 rings (SSSR count). The van der Waals surface area contributed by atoms with Crippen molar-refractivity contribution in [1.29, 1.82) is 0 Å². The number of hydrogen-bond acceptors (Lipinski definition) is 4. The van der Waals surface area contributed by atoms with Gasteiger partial charge in [-0.1, -0.05) is 64.1 Å². The van der Waals surface area contributed by atoms with Gasteiger partial charge in [0.15, 0.2) is 0 Å². The Morgan fingerprint density at radius 3 is 1.46 bits per heavy atom. The van der Waals surface area contributed by atoms with Crippen LogP contribution in [-0.4, -0.2) is 11.9 Å². The van der Waals surface area contributed by atoms with Crippen LogP contribution in [0.4, 0.5) is 0 Å². The summed E-state index contributed by atoms with van der Waals surface area (Å²) >= 11 is 0. The second kappa shape index (κ2) is 12.2. The zero-order chi connectivity index (χ0) is 21.1. The maximum atomic E-state index is 12.4. The number of ether oxygens (including phenoxy) is 2. The maximum Gasteiger partial charge on any atom is 0.309 e. The summed E-state index contributed by atoms with van der Waals surface area (Å²) in [6.45, 7) is 15.7. The van der Waals surface area contributed by atoms with Gasteiger partial charge in [0.25, 0.3) is 0 Å². The van der Waals surface area contributed by atoms with Crippen LogP contribution in [0.25, 0.3) is 0 Å². The molecule has 0 aliphatic heterocycles. The summed E-state index contributed by atoms with van der Waals surface area (Å²) in [6, 6.07) is 7.54. The summed E-state index contributed by atoms with van der Waals surface area (Å²) < 4.78 is 11.1. The molecule has 154 valence electrons. The van der Waals surface area contributed by atoms with Gasteiger partial charge in [-0.2, -0.15) is 0 Å². The maximum absolute atomic E-state index is 12.4. The Kier molecular flexibility index (Phi) is 10.3. The van der Waals surface area contributed by atoms with Crippen LogP contribution in [0, 0.1) is 23.7 Å². The van der Waals surface area contributed by atoms with E-state index in [9.17, 15) is 9.59 Å². The molecule has 28 heavy (non-hydrogen) atoms. The quantitative estimate of drug-likeness (QED) is 0.353. The Morgan fingerprint density at radius 2 is 1.18 bits per heavy atom. The minimum absolute atomic E-state index is 0.160. The van der Waals surface area contributed by atoms with E-state index in [1.165, 1.54) is 0 Å². The molecule has 4 heteroatoms. The zero-order valence-electron chi connectivity index (χ0n) is 17.6. The van der Waals surface area contributed by atoms with Gasteiger partial charge in [-0.15, -0.1) is 13.2 Å². The van der Waals surface area contributed by atoms with Crippen LogP contribution >= 0.6 is 0 Å². The average molecular weight is 387 g/mol. The molecule has 0 fully saturated rings. The van der Waals surface area contributed by atoms with E-state index in [0.29, 0.717) is 12.8 Å². The number of rotatable bonds is 12. The normalized spacial score (nSPS) is 13.1. The van der Waals surface area contributed by atoms with Gasteiger partial charge in [-0.25, -0.2) is 0 Å². The fourth-order valence-corrected chi connectivity index (χ4v) is 2.99. The first-order valence-corrected chi connectivity index (χ1v) is 9.93. The molecule has 1 aromatic rings. The predicted molar refractivity (Wildman–Crippen MR) is 112 cm³/mol. The average Bonchev–Trinajstić information content (AvgIpc) is 2.66. The molecule has 0 aliphatic carbocycles. The molecule has 0 aromatic heterocycles. The van der Waals surface area contributed by atoms with Crippen LogP contribution in [0.15, 0.2) is 49.6 Å². The Hall–Kier alpha value is -2.36. The Balaban J connectivity index is 2.74. The molecule has 0 bridgehead atoms. The van der Waals surface area contributed by atoms with E-state index in [1.807, 2.05) is 52.0 Å². The van der Waals surface area contributed by atoms with Gasteiger partial charge in [0.05, 0.1) is 11.8 Å². The highest BCUT2D eigenvalue weighted by atomic mass is 16.5. The van der Waals surface area contributed by atoms with E-state index in [4.69, 9.17) is 9.47 Å². The van der Waals surface area contributed by atoms with Crippen molar-refractivity contribution in [3.05, 3.63) is 60.7 Å². The molecule has 0 saturated carbocycles. The fourth-order valence-electron chi connectivity index (χ4n) is 2.99. The minimum atomic E-state index is -0.229. The Labute approximate surface area is 169 Å². The van der Waals surface area contributed by atoms with Crippen molar-refractivity contribution in [3.8, 4) is 0 Å². The highest BCUT2D eigenvalue weighted by Crippen LogP contribution is 2.21. The molecule has 0 N–H and O–H groups in total. The molecule has 0 saturated heterocycles. The Bertz CT molecular complexity index is 603. The van der Waals surface area contributed by atoms with Crippen LogP contribution in [0.2, 0.25) is 0 Å². The van der Waals surface area contributed by atoms with Gasteiger partial charge >= 0.3 is 11.9 Å². The van der Waals surface area contributed by atoms with Crippen LogP contribution < -0.4 is 0 Å². The lowest BCUT2D eigenvalue weighted by molar-refractivity contribution is -0.153. The predicted octanol–water partition coefficient (Wildman–Crippen LogP) is 5.47. The molecular formula is C24H34O4. The third-order valence-electron chi connectivity index (χ3n) is 4.91. The third-order valence-corrected chi connectivity index (χ3v) is 4.91. The number of hydrogen-bond donors (Lipinski definition) is 0. The lowest BCUT2D eigenvalue weighted by Crippen LogP contribution is -2.23. The molecule has 0 amide bonds. The molecule has 0 aliphatic rings. The van der Waals surface area contributed by atoms with E-state index in [1.54, 1.807) is 12.2 Å². The lowest BCUT2D eigenvalue weighted by Gasteiger charge is -2.20. The van der Waals surface area contributed by atoms with Gasteiger partial charge in [-0.05, 0) is 35.8 Å². The van der Waals surface area contributed by atoms with E-state index in [-0.39, 0.29) is 48.8 Å². The first-order chi connectivity index (χ1) is 13.3. The molecule has 0 unspecified atom stereocenters. The van der Waals surface area contributed by atoms with Crippen molar-refractivity contribution in [2.75, 3.05) is 0 Å². The summed E-state index contributed by atoms with van der Waals surface area (Å²) in [6.07, 6.45) is 4.67. The molecule has 0 spiro atoms. The van der Waals surface area contributed by atoms with E-state index >= 15 is 0 Å². The second-order valence-corrected chi connectivity index (χ2v) is 7.73. The number of allylic oxidation sites excluding steroid dienone is 2. The second-order valence-electron chi connectivity index (χ2n) is 7.73. The highest BCUT2D eigenvalue weighted by Gasteiger charge is 2.24. The SMILES string of the molecule is C=CC[C@H](C(=O)OCc1ccccc1COC(=O)[C@@H](CC=C)C(C)C)C(C)C. The first kappa shape index (κ1) is 23.7. The zero-order valence-corrected chi connectivity index (χ0v) is 17.6. The van der Waals surface area contributed by atoms with Crippen molar-refractivity contribution in [2.24, 2.45) is 23.7 Å². The number of esters is 2. The third kappa shape index (κ3) is 7.34. The first-order valence-electron chi connectivity index (χ1n) is 9.93. The van der Waals surface area contributed by atoms with Crippen molar-refractivity contribution >= 4 is 11.9 Å². The summed E-state index contributed by atoms with van der Waals surface area (Å²) in [5.41, 5.74) is 1.68. The van der Waals surface area contributed by atoms with E-state index in [0.717, 1.165) is 11.1 Å². The van der Waals surface area contributed by atoms with Crippen molar-refractivity contribution in [3.63, 3.8) is 0 Å². The van der Waals surface area contributed by atoms with Crippen LogP contribution in [0.5, 0.6) is 0 Å². The molecule has 0 radical (unpaired) electrons. The highest BCUT2D eigenvalue weighted by molar-refractivity contribution is 5.73. The smallest absolute Gasteiger partial charge is 0.309 e. The van der Waals surface area contributed by atoms with Gasteiger partial charge in [-0.3, -0.25) is 9.59 Å². The molecule has 1 aromatic carbocycles. The molecule has 0 heterocycles. The van der Waals surface area contributed by atoms with Gasteiger partial charge in [0.1, 0.15) is 13.2 Å². The fraction of sp³-hybridized carbons (Fsp3) is 0.500. The summed E-state index contributed by atoms with van der Waals surface area (Å²) in [5.74, 6) is -0.499. The van der Waals surface area contributed by atoms with Crippen molar-refractivity contribution in [1.82, 2.24) is 0 Å². The van der Waals surface area contributed by atoms with E-state index < -0.39 is 0 Å². The van der Waals surface area contributed by atoms with Gasteiger partial charge in [0, 0.05) is 0 Å². The molecular weight excluding hydrogens is 352 g/mol. The topological polar surface area (TPSA) is 52.6 Å². The van der Waals surface area contributed by atoms with Gasteiger partial charge in [0.2, 0.25) is 0 Å². The summed E-state index contributed by atoms with van der Waals surface area (Å²) in [7, 11) is 0. The van der Waals surface area contributed by atoms with Crippen LogP contribution in [-0.2, 0) is 32.3 Å². The van der Waals surface area contributed by atoms with Crippen LogP contribution in [0.1, 0.15) is 51.7 Å².